The minimum atomic E-state index is -0.983. The molecule has 3 aliphatic heterocycles. The summed E-state index contributed by atoms with van der Waals surface area (Å²) in [6.07, 6.45) is 3.79. The van der Waals surface area contributed by atoms with Gasteiger partial charge in [-0.3, -0.25) is 14.4 Å². The lowest BCUT2D eigenvalue weighted by molar-refractivity contribution is -0.148. The van der Waals surface area contributed by atoms with Crippen LogP contribution in [0.5, 0.6) is 0 Å². The smallest absolute Gasteiger partial charge is 0.246 e. The summed E-state index contributed by atoms with van der Waals surface area (Å²) in [4.78, 5) is 41.8. The first-order chi connectivity index (χ1) is 14.4. The second-order valence-corrected chi connectivity index (χ2v) is 10.7. The number of aliphatic hydroxyl groups is 1. The highest BCUT2D eigenvalue weighted by atomic mass is 16.5. The van der Waals surface area contributed by atoms with Crippen molar-refractivity contribution < 1.29 is 24.2 Å². The Kier molecular flexibility index (Phi) is 6.46. The first kappa shape index (κ1) is 24.0. The molecule has 3 N–H and O–H groups in total. The molecule has 1 spiro atoms. The van der Waals surface area contributed by atoms with Gasteiger partial charge in [0.05, 0.1) is 17.4 Å². The minimum Gasteiger partial charge on any atom is -0.396 e. The normalized spacial score (nSPS) is 36.6. The van der Waals surface area contributed by atoms with Gasteiger partial charge in [-0.25, -0.2) is 0 Å². The zero-order valence-electron chi connectivity index (χ0n) is 19.8. The van der Waals surface area contributed by atoms with Crippen molar-refractivity contribution in [3.05, 3.63) is 0 Å². The Balaban J connectivity index is 1.96. The predicted molar refractivity (Wildman–Crippen MR) is 116 cm³/mol. The number of amides is 3. The molecule has 2 bridgehead atoms. The molecule has 3 heterocycles. The van der Waals surface area contributed by atoms with Crippen LogP contribution in [-0.4, -0.2) is 70.7 Å². The Morgan fingerprint density at radius 1 is 1.19 bits per heavy atom. The Morgan fingerprint density at radius 3 is 2.42 bits per heavy atom. The van der Waals surface area contributed by atoms with E-state index in [2.05, 4.69) is 10.6 Å². The van der Waals surface area contributed by atoms with Gasteiger partial charge in [0, 0.05) is 25.7 Å². The topological polar surface area (TPSA) is 108 Å². The summed E-state index contributed by atoms with van der Waals surface area (Å²) in [5.41, 5.74) is -2.20. The molecule has 0 saturated carbocycles. The first-order valence-corrected chi connectivity index (χ1v) is 11.6. The fourth-order valence-corrected chi connectivity index (χ4v) is 6.02. The molecule has 0 aromatic rings. The molecule has 31 heavy (non-hydrogen) atoms. The van der Waals surface area contributed by atoms with Gasteiger partial charge in [0.2, 0.25) is 17.7 Å². The van der Waals surface area contributed by atoms with Crippen molar-refractivity contribution in [1.29, 1.82) is 0 Å². The molecule has 3 saturated heterocycles. The monoisotopic (exact) mass is 437 g/mol. The van der Waals surface area contributed by atoms with Crippen molar-refractivity contribution >= 4 is 17.7 Å². The molecular weight excluding hydrogens is 398 g/mol. The third kappa shape index (κ3) is 3.86. The van der Waals surface area contributed by atoms with Gasteiger partial charge in [0.1, 0.15) is 11.6 Å². The Hall–Kier alpha value is -1.67. The van der Waals surface area contributed by atoms with Gasteiger partial charge in [-0.1, -0.05) is 19.8 Å². The highest BCUT2D eigenvalue weighted by molar-refractivity contribution is 5.99. The van der Waals surface area contributed by atoms with Crippen LogP contribution in [0.2, 0.25) is 0 Å². The molecule has 6 atom stereocenters. The number of carbonyl (C=O) groups excluding carboxylic acids is 3. The lowest BCUT2D eigenvalue weighted by atomic mass is 9.62. The molecule has 3 fully saturated rings. The molecule has 0 aliphatic carbocycles. The van der Waals surface area contributed by atoms with E-state index >= 15 is 0 Å². The number of ether oxygens (including phenoxy) is 1. The quantitative estimate of drug-likeness (QED) is 0.495. The largest absolute Gasteiger partial charge is 0.396 e. The van der Waals surface area contributed by atoms with E-state index in [0.29, 0.717) is 13.0 Å². The zero-order valence-corrected chi connectivity index (χ0v) is 19.8. The average molecular weight is 438 g/mol. The van der Waals surface area contributed by atoms with Gasteiger partial charge >= 0.3 is 0 Å². The van der Waals surface area contributed by atoms with Crippen molar-refractivity contribution in [1.82, 2.24) is 15.5 Å². The standard InChI is InChI=1S/C23H39N3O5/c1-14-13-23-16(15(18(28)24-6)22(14,5)31-23)20(30)26(11-9-7-8-10-12-27)17(23)19(29)25-21(2,3)4/h14-17,27H,7-13H2,1-6H3,(H,24,28)(H,25,29)/t14?,15-,16+,17?,22+,23?/m1/s1. The number of carbonyl (C=O) groups is 3. The molecule has 0 aromatic carbocycles. The highest BCUT2D eigenvalue weighted by Crippen LogP contribution is 2.65. The molecule has 3 rings (SSSR count). The van der Waals surface area contributed by atoms with Crippen molar-refractivity contribution in [3.63, 3.8) is 0 Å². The van der Waals surface area contributed by atoms with Crippen molar-refractivity contribution in [2.45, 2.75) is 89.5 Å². The third-order valence-corrected chi connectivity index (χ3v) is 7.40. The van der Waals surface area contributed by atoms with Crippen LogP contribution in [0.1, 0.15) is 66.7 Å². The molecule has 176 valence electrons. The number of rotatable bonds is 8. The van der Waals surface area contributed by atoms with Crippen LogP contribution in [0.15, 0.2) is 0 Å². The average Bonchev–Trinajstić information content (AvgIpc) is 3.17. The van der Waals surface area contributed by atoms with Gasteiger partial charge in [0.15, 0.2) is 0 Å². The van der Waals surface area contributed by atoms with E-state index in [1.54, 1.807) is 11.9 Å². The number of likely N-dealkylation sites (tertiary alicyclic amines) is 1. The van der Waals surface area contributed by atoms with Crippen LogP contribution < -0.4 is 10.6 Å². The molecule has 3 aliphatic rings. The van der Waals surface area contributed by atoms with Gasteiger partial charge in [-0.15, -0.1) is 0 Å². The lowest BCUT2D eigenvalue weighted by Crippen LogP contribution is -2.58. The van der Waals surface area contributed by atoms with Crippen molar-refractivity contribution in [2.24, 2.45) is 17.8 Å². The minimum absolute atomic E-state index is 0.0493. The van der Waals surface area contributed by atoms with Gasteiger partial charge in [-0.05, 0) is 52.9 Å². The Bertz CT molecular complexity index is 735. The number of fused-ring (bicyclic) bond motifs is 1. The summed E-state index contributed by atoms with van der Waals surface area (Å²) in [7, 11) is 1.58. The molecule has 3 unspecified atom stereocenters. The summed E-state index contributed by atoms with van der Waals surface area (Å²) in [5, 5.41) is 14.8. The highest BCUT2D eigenvalue weighted by Gasteiger charge is 2.79. The zero-order chi connectivity index (χ0) is 23.2. The van der Waals surface area contributed by atoms with Crippen LogP contribution in [0.3, 0.4) is 0 Å². The van der Waals surface area contributed by atoms with Gasteiger partial charge in [0.25, 0.3) is 0 Å². The van der Waals surface area contributed by atoms with E-state index in [1.807, 2.05) is 34.6 Å². The number of aliphatic hydroxyl groups excluding tert-OH is 1. The molecule has 8 heteroatoms. The maximum Gasteiger partial charge on any atom is 0.246 e. The van der Waals surface area contributed by atoms with E-state index < -0.39 is 34.6 Å². The maximum absolute atomic E-state index is 13.7. The molecular formula is C23H39N3O5. The van der Waals surface area contributed by atoms with Crippen LogP contribution in [0, 0.1) is 17.8 Å². The number of hydrogen-bond donors (Lipinski definition) is 3. The predicted octanol–water partition coefficient (Wildman–Crippen LogP) is 1.21. The number of nitrogens with zero attached hydrogens (tertiary/aromatic N) is 1. The number of unbranched alkanes of at least 4 members (excludes halogenated alkanes) is 3. The van der Waals surface area contributed by atoms with E-state index in [4.69, 9.17) is 9.84 Å². The number of hydrogen-bond acceptors (Lipinski definition) is 5. The molecule has 0 radical (unpaired) electrons. The van der Waals surface area contributed by atoms with E-state index in [1.165, 1.54) is 0 Å². The van der Waals surface area contributed by atoms with E-state index in [9.17, 15) is 14.4 Å². The SMILES string of the molecule is CNC(=O)[C@H]1[C@H]2C(=O)N(CCCCCCO)C(C(=O)NC(C)(C)C)C23CC(C)[C@]1(C)O3. The summed E-state index contributed by atoms with van der Waals surface area (Å²) >= 11 is 0. The second kappa shape index (κ2) is 8.35. The fourth-order valence-electron chi connectivity index (χ4n) is 6.02. The molecule has 0 aromatic heterocycles. The molecule has 8 nitrogen and oxygen atoms in total. The Morgan fingerprint density at radius 2 is 1.84 bits per heavy atom. The van der Waals surface area contributed by atoms with Gasteiger partial charge < -0.3 is 25.4 Å². The summed E-state index contributed by atoms with van der Waals surface area (Å²) in [6.45, 7) is 10.3. The summed E-state index contributed by atoms with van der Waals surface area (Å²) in [5.74, 6) is -1.78. The van der Waals surface area contributed by atoms with E-state index in [0.717, 1.165) is 25.7 Å². The van der Waals surface area contributed by atoms with Crippen LogP contribution in [0.4, 0.5) is 0 Å². The number of nitrogens with one attached hydrogen (secondary N) is 2. The van der Waals surface area contributed by atoms with Crippen LogP contribution >= 0.6 is 0 Å². The first-order valence-electron chi connectivity index (χ1n) is 11.6. The summed E-state index contributed by atoms with van der Waals surface area (Å²) in [6, 6.07) is -0.749. The van der Waals surface area contributed by atoms with Crippen molar-refractivity contribution in [2.75, 3.05) is 20.2 Å². The third-order valence-electron chi connectivity index (χ3n) is 7.40. The Labute approximate surface area is 185 Å². The fraction of sp³-hybridized carbons (Fsp3) is 0.870. The molecule has 3 amide bonds. The lowest BCUT2D eigenvalue weighted by Gasteiger charge is -2.36. The van der Waals surface area contributed by atoms with Crippen molar-refractivity contribution in [3.8, 4) is 0 Å². The summed E-state index contributed by atoms with van der Waals surface area (Å²) < 4.78 is 6.60. The second-order valence-electron chi connectivity index (χ2n) is 10.7. The van der Waals surface area contributed by atoms with Crippen LogP contribution in [-0.2, 0) is 19.1 Å². The maximum atomic E-state index is 13.7. The van der Waals surface area contributed by atoms with E-state index in [-0.39, 0.29) is 30.2 Å². The van der Waals surface area contributed by atoms with Gasteiger partial charge in [-0.2, -0.15) is 0 Å². The van der Waals surface area contributed by atoms with Crippen LogP contribution in [0.25, 0.3) is 0 Å².